The molecule has 2 aromatic heterocycles. The van der Waals surface area contributed by atoms with E-state index in [1.165, 1.54) is 36.7 Å². The van der Waals surface area contributed by atoms with Crippen molar-refractivity contribution < 1.29 is 22.8 Å². The molecule has 0 aliphatic carbocycles. The van der Waals surface area contributed by atoms with Crippen molar-refractivity contribution in [2.24, 2.45) is 4.36 Å². The zero-order valence-electron chi connectivity index (χ0n) is 17.3. The highest BCUT2D eigenvalue weighted by Gasteiger charge is 2.39. The average Bonchev–Trinajstić information content (AvgIpc) is 3.15. The molecular formula is C20H13Cl2F3N6O2S. The minimum atomic E-state index is -5.16. The fourth-order valence-corrected chi connectivity index (χ4v) is 4.46. The number of pyridine rings is 1. The number of hydrogen-bond donors (Lipinski definition) is 1. The Bertz CT molecular complexity index is 1380. The Morgan fingerprint density at radius 2 is 1.97 bits per heavy atom. The van der Waals surface area contributed by atoms with E-state index in [9.17, 15) is 28.0 Å². The summed E-state index contributed by atoms with van der Waals surface area (Å²) in [5.74, 6) is -2.89. The standard InChI is InChI=1S/C20H13Cl2F3N6O2S/c1-10-6-11(9-26)7-14(34(2)30-19(33)20(23,24)25)16(10)28-18(32)13-8-15(22)29-31(13)17-12(21)4-3-5-27-17/h3-8H,1-2H3,(H,28,32). The van der Waals surface area contributed by atoms with Crippen molar-refractivity contribution in [2.75, 3.05) is 11.6 Å². The van der Waals surface area contributed by atoms with Crippen LogP contribution < -0.4 is 5.32 Å². The van der Waals surface area contributed by atoms with Crippen LogP contribution in [0.1, 0.15) is 21.6 Å². The van der Waals surface area contributed by atoms with Crippen LogP contribution in [0.25, 0.3) is 5.82 Å². The number of aryl methyl sites for hydroxylation is 1. The molecule has 176 valence electrons. The number of nitrogens with one attached hydrogen (secondary N) is 1. The molecule has 3 aromatic rings. The summed E-state index contributed by atoms with van der Waals surface area (Å²) in [6, 6.07) is 8.95. The molecule has 3 rings (SSSR count). The molecule has 0 bridgehead atoms. The van der Waals surface area contributed by atoms with Crippen molar-refractivity contribution in [2.45, 2.75) is 18.0 Å². The Labute approximate surface area is 203 Å². The molecule has 0 saturated carbocycles. The van der Waals surface area contributed by atoms with E-state index in [1.54, 1.807) is 13.0 Å². The van der Waals surface area contributed by atoms with E-state index < -0.39 is 28.7 Å². The Morgan fingerprint density at radius 3 is 2.59 bits per heavy atom. The van der Waals surface area contributed by atoms with E-state index in [0.717, 1.165) is 4.68 Å². The van der Waals surface area contributed by atoms with Gasteiger partial charge < -0.3 is 5.32 Å². The Kier molecular flexibility index (Phi) is 7.40. The second-order valence-electron chi connectivity index (χ2n) is 6.68. The highest BCUT2D eigenvalue weighted by atomic mass is 35.5. The predicted octanol–water partition coefficient (Wildman–Crippen LogP) is 4.89. The number of carbonyl (C=O) groups excluding carboxylic acids is 2. The fraction of sp³-hybridized carbons (Fsp3) is 0.150. The molecule has 2 amide bonds. The smallest absolute Gasteiger partial charge is 0.319 e. The minimum Gasteiger partial charge on any atom is -0.319 e. The van der Waals surface area contributed by atoms with Gasteiger partial charge in [0, 0.05) is 17.2 Å². The maximum absolute atomic E-state index is 13.2. The van der Waals surface area contributed by atoms with Gasteiger partial charge in [-0.3, -0.25) is 9.59 Å². The van der Waals surface area contributed by atoms with E-state index in [1.807, 2.05) is 6.07 Å². The lowest BCUT2D eigenvalue weighted by Gasteiger charge is -2.16. The van der Waals surface area contributed by atoms with Gasteiger partial charge in [-0.25, -0.2) is 9.67 Å². The highest BCUT2D eigenvalue weighted by Crippen LogP contribution is 2.29. The molecule has 0 aliphatic rings. The SMILES string of the molecule is Cc1cc(C#N)cc(/S(C)=N/C(=O)C(F)(F)F)c1NC(=O)c1cc(Cl)nn1-c1ncccc1Cl. The van der Waals surface area contributed by atoms with Crippen LogP contribution in [0, 0.1) is 18.3 Å². The molecule has 1 atom stereocenters. The summed E-state index contributed by atoms with van der Waals surface area (Å²) in [7, 11) is -1.65. The summed E-state index contributed by atoms with van der Waals surface area (Å²) >= 11 is 12.1. The Hall–Kier alpha value is -3.27. The first-order valence-electron chi connectivity index (χ1n) is 9.14. The van der Waals surface area contributed by atoms with E-state index in [-0.39, 0.29) is 37.8 Å². The van der Waals surface area contributed by atoms with Crippen LogP contribution in [0.5, 0.6) is 0 Å². The molecule has 34 heavy (non-hydrogen) atoms. The number of amides is 2. The summed E-state index contributed by atoms with van der Waals surface area (Å²) in [4.78, 5) is 28.7. The lowest BCUT2D eigenvalue weighted by molar-refractivity contribution is -0.169. The van der Waals surface area contributed by atoms with Gasteiger partial charge in [0.25, 0.3) is 5.91 Å². The third-order valence-corrected chi connectivity index (χ3v) is 6.18. The predicted molar refractivity (Wildman–Crippen MR) is 120 cm³/mol. The Morgan fingerprint density at radius 1 is 1.26 bits per heavy atom. The molecule has 2 heterocycles. The van der Waals surface area contributed by atoms with Crippen LogP contribution in [0.4, 0.5) is 18.9 Å². The van der Waals surface area contributed by atoms with Crippen molar-refractivity contribution in [1.29, 1.82) is 5.26 Å². The summed E-state index contributed by atoms with van der Waals surface area (Å²) in [5, 5.41) is 16.0. The Balaban J connectivity index is 2.09. The number of benzene rings is 1. The molecule has 0 radical (unpaired) electrons. The molecule has 0 aliphatic heterocycles. The van der Waals surface area contributed by atoms with Gasteiger partial charge in [-0.05, 0) is 43.0 Å². The van der Waals surface area contributed by atoms with Crippen molar-refractivity contribution in [1.82, 2.24) is 14.8 Å². The first-order valence-corrected chi connectivity index (χ1v) is 11.5. The third kappa shape index (κ3) is 5.44. The van der Waals surface area contributed by atoms with Crippen molar-refractivity contribution in [3.05, 3.63) is 63.5 Å². The molecule has 0 fully saturated rings. The summed E-state index contributed by atoms with van der Waals surface area (Å²) in [6.45, 7) is 1.54. The number of nitrogens with zero attached hydrogens (tertiary/aromatic N) is 5. The second-order valence-corrected chi connectivity index (χ2v) is 9.05. The van der Waals surface area contributed by atoms with Crippen LogP contribution in [0.2, 0.25) is 10.2 Å². The molecule has 0 saturated heterocycles. The number of anilines is 1. The molecule has 1 N–H and O–H groups in total. The van der Waals surface area contributed by atoms with E-state index in [2.05, 4.69) is 19.8 Å². The fourth-order valence-electron chi connectivity index (χ4n) is 2.82. The summed E-state index contributed by atoms with van der Waals surface area (Å²) in [5.41, 5.74) is 0.501. The van der Waals surface area contributed by atoms with Crippen LogP contribution in [-0.4, -0.2) is 39.0 Å². The van der Waals surface area contributed by atoms with Gasteiger partial charge in [-0.2, -0.15) is 27.9 Å². The summed E-state index contributed by atoms with van der Waals surface area (Å²) < 4.78 is 42.5. The van der Waals surface area contributed by atoms with E-state index >= 15 is 0 Å². The van der Waals surface area contributed by atoms with Crippen LogP contribution in [0.3, 0.4) is 0 Å². The van der Waals surface area contributed by atoms with Gasteiger partial charge in [0.05, 0.1) is 22.3 Å². The number of carbonyl (C=O) groups is 2. The van der Waals surface area contributed by atoms with Crippen LogP contribution in [-0.2, 0) is 15.5 Å². The molecule has 8 nitrogen and oxygen atoms in total. The van der Waals surface area contributed by atoms with Crippen molar-refractivity contribution in [3.8, 4) is 11.9 Å². The molecular weight excluding hydrogens is 516 g/mol. The largest absolute Gasteiger partial charge is 0.474 e. The highest BCUT2D eigenvalue weighted by molar-refractivity contribution is 7.87. The zero-order valence-corrected chi connectivity index (χ0v) is 19.6. The number of nitriles is 1. The molecule has 1 aromatic carbocycles. The maximum atomic E-state index is 13.2. The third-order valence-electron chi connectivity index (χ3n) is 4.30. The summed E-state index contributed by atoms with van der Waals surface area (Å²) in [6.07, 6.45) is -2.45. The minimum absolute atomic E-state index is 0.0374. The molecule has 1 unspecified atom stereocenters. The van der Waals surface area contributed by atoms with Gasteiger partial charge in [-0.15, -0.1) is 0 Å². The van der Waals surface area contributed by atoms with Crippen molar-refractivity contribution in [3.63, 3.8) is 0 Å². The number of aromatic nitrogens is 3. The van der Waals surface area contributed by atoms with E-state index in [4.69, 9.17) is 23.2 Å². The lowest BCUT2D eigenvalue weighted by Crippen LogP contribution is -2.21. The zero-order chi connectivity index (χ0) is 25.2. The van der Waals surface area contributed by atoms with Gasteiger partial charge >= 0.3 is 12.1 Å². The number of alkyl halides is 3. The van der Waals surface area contributed by atoms with Gasteiger partial charge in [-0.1, -0.05) is 33.9 Å². The molecule has 14 heteroatoms. The van der Waals surface area contributed by atoms with Crippen molar-refractivity contribution >= 4 is 51.4 Å². The van der Waals surface area contributed by atoms with Crippen LogP contribution >= 0.6 is 23.2 Å². The topological polar surface area (TPSA) is 113 Å². The van der Waals surface area contributed by atoms with Gasteiger partial charge in [0.1, 0.15) is 5.69 Å². The number of rotatable bonds is 4. The number of halogens is 5. The van der Waals surface area contributed by atoms with E-state index in [0.29, 0.717) is 5.56 Å². The van der Waals surface area contributed by atoms with Gasteiger partial charge in [0.15, 0.2) is 11.0 Å². The molecule has 0 spiro atoms. The van der Waals surface area contributed by atoms with Crippen LogP contribution in [0.15, 0.2) is 45.8 Å². The lowest BCUT2D eigenvalue weighted by atomic mass is 10.1. The monoisotopic (exact) mass is 528 g/mol. The first kappa shape index (κ1) is 25.4. The van der Waals surface area contributed by atoms with Gasteiger partial charge in [0.2, 0.25) is 0 Å². The first-order chi connectivity index (χ1) is 15.9. The second kappa shape index (κ2) is 9.92. The normalized spacial score (nSPS) is 12.3. The number of hydrogen-bond acceptors (Lipinski definition) is 5. The quantitative estimate of drug-likeness (QED) is 0.518. The average molecular weight is 529 g/mol. The maximum Gasteiger partial charge on any atom is 0.474 e.